The Labute approximate surface area is 127 Å². The van der Waals surface area contributed by atoms with Crippen LogP contribution in [0.1, 0.15) is 11.9 Å². The van der Waals surface area contributed by atoms with Crippen LogP contribution in [0.5, 0.6) is 5.75 Å². The van der Waals surface area contributed by atoms with Gasteiger partial charge in [0.05, 0.1) is 16.4 Å². The number of fused-ring (bicyclic) bond motifs is 1. The molecule has 0 radical (unpaired) electrons. The van der Waals surface area contributed by atoms with Gasteiger partial charge in [0.2, 0.25) is 0 Å². The first-order valence-electron chi connectivity index (χ1n) is 6.63. The van der Waals surface area contributed by atoms with E-state index in [0.717, 1.165) is 22.0 Å². The molecule has 1 atom stereocenters. The minimum Gasteiger partial charge on any atom is -0.479 e. The summed E-state index contributed by atoms with van der Waals surface area (Å²) in [6.45, 7) is 3.92. The molecule has 3 rings (SSSR count). The number of anilines is 1. The maximum atomic E-state index is 12.2. The van der Waals surface area contributed by atoms with E-state index in [1.807, 2.05) is 30.5 Å². The molecule has 1 aliphatic heterocycles. The smallest absolute Gasteiger partial charge is 0.269 e. The molecule has 1 unspecified atom stereocenters. The van der Waals surface area contributed by atoms with Crippen molar-refractivity contribution in [3.63, 3.8) is 0 Å². The molecule has 6 heteroatoms. The van der Waals surface area contributed by atoms with Crippen molar-refractivity contribution in [2.24, 2.45) is 0 Å². The standard InChI is InChI=1S/C15H16N2O3S/c1-9-15(18)17(8-19-3)13-6-11(4-5-14(13)20-9)12-7-21-10(2)16-12/h4-7,9H,8H2,1-3H3. The fourth-order valence-corrected chi connectivity index (χ4v) is 2.95. The number of nitrogens with zero attached hydrogens (tertiary/aromatic N) is 2. The molecule has 1 aliphatic rings. The van der Waals surface area contributed by atoms with Crippen molar-refractivity contribution in [3.05, 3.63) is 28.6 Å². The van der Waals surface area contributed by atoms with Crippen LogP contribution >= 0.6 is 11.3 Å². The number of rotatable bonds is 3. The topological polar surface area (TPSA) is 51.7 Å². The van der Waals surface area contributed by atoms with Gasteiger partial charge in [0.15, 0.2) is 6.10 Å². The van der Waals surface area contributed by atoms with Gasteiger partial charge in [-0.25, -0.2) is 4.98 Å². The molecule has 0 saturated heterocycles. The van der Waals surface area contributed by atoms with Crippen molar-refractivity contribution in [2.75, 3.05) is 18.7 Å². The molecule has 1 aromatic carbocycles. The number of aryl methyl sites for hydroxylation is 1. The zero-order valence-corrected chi connectivity index (χ0v) is 12.9. The van der Waals surface area contributed by atoms with Crippen LogP contribution in [0.2, 0.25) is 0 Å². The Bertz CT molecular complexity index is 683. The molecular weight excluding hydrogens is 288 g/mol. The third-order valence-corrected chi connectivity index (χ3v) is 4.11. The minimum atomic E-state index is -0.500. The summed E-state index contributed by atoms with van der Waals surface area (Å²) in [6, 6.07) is 5.76. The lowest BCUT2D eigenvalue weighted by Crippen LogP contribution is -2.45. The van der Waals surface area contributed by atoms with Crippen LogP contribution in [0.25, 0.3) is 11.3 Å². The molecule has 0 aliphatic carbocycles. The zero-order valence-electron chi connectivity index (χ0n) is 12.1. The molecule has 1 aromatic heterocycles. The number of carbonyl (C=O) groups is 1. The monoisotopic (exact) mass is 304 g/mol. The Kier molecular flexibility index (Phi) is 3.65. The Morgan fingerprint density at radius 2 is 2.29 bits per heavy atom. The van der Waals surface area contributed by atoms with Gasteiger partial charge in [-0.1, -0.05) is 0 Å². The molecule has 5 nitrogen and oxygen atoms in total. The van der Waals surface area contributed by atoms with Crippen LogP contribution in [-0.2, 0) is 9.53 Å². The lowest BCUT2D eigenvalue weighted by Gasteiger charge is -2.32. The van der Waals surface area contributed by atoms with E-state index in [4.69, 9.17) is 9.47 Å². The van der Waals surface area contributed by atoms with Crippen molar-refractivity contribution in [2.45, 2.75) is 20.0 Å². The van der Waals surface area contributed by atoms with E-state index in [0.29, 0.717) is 5.75 Å². The summed E-state index contributed by atoms with van der Waals surface area (Å²) >= 11 is 1.60. The molecule has 1 amide bonds. The minimum absolute atomic E-state index is 0.101. The number of ether oxygens (including phenoxy) is 2. The highest BCUT2D eigenvalue weighted by atomic mass is 32.1. The Hall–Kier alpha value is -1.92. The highest BCUT2D eigenvalue weighted by molar-refractivity contribution is 7.09. The average molecular weight is 304 g/mol. The molecule has 0 bridgehead atoms. The Balaban J connectivity index is 2.05. The van der Waals surface area contributed by atoms with Gasteiger partial charge >= 0.3 is 0 Å². The molecule has 0 spiro atoms. The molecule has 0 N–H and O–H groups in total. The van der Waals surface area contributed by atoms with Gasteiger partial charge in [-0.2, -0.15) is 0 Å². The van der Waals surface area contributed by atoms with E-state index in [9.17, 15) is 4.79 Å². The van der Waals surface area contributed by atoms with E-state index in [-0.39, 0.29) is 12.6 Å². The van der Waals surface area contributed by atoms with Gasteiger partial charge in [0.25, 0.3) is 5.91 Å². The van der Waals surface area contributed by atoms with Crippen molar-refractivity contribution in [3.8, 4) is 17.0 Å². The summed E-state index contributed by atoms with van der Waals surface area (Å²) in [7, 11) is 1.57. The largest absolute Gasteiger partial charge is 0.479 e. The molecule has 0 saturated carbocycles. The summed E-state index contributed by atoms with van der Waals surface area (Å²) in [5.41, 5.74) is 2.59. The third-order valence-electron chi connectivity index (χ3n) is 3.34. The second kappa shape index (κ2) is 5.46. The van der Waals surface area contributed by atoms with Crippen LogP contribution in [-0.4, -0.2) is 30.8 Å². The van der Waals surface area contributed by atoms with Crippen molar-refractivity contribution < 1.29 is 14.3 Å². The number of aromatic nitrogens is 1. The molecule has 110 valence electrons. The second-order valence-electron chi connectivity index (χ2n) is 4.88. The van der Waals surface area contributed by atoms with Crippen molar-refractivity contribution in [1.82, 2.24) is 4.98 Å². The third kappa shape index (κ3) is 2.52. The predicted molar refractivity (Wildman–Crippen MR) is 81.7 cm³/mol. The number of thiazole rings is 1. The fraction of sp³-hybridized carbons (Fsp3) is 0.333. The van der Waals surface area contributed by atoms with Gasteiger partial charge in [-0.05, 0) is 32.0 Å². The Morgan fingerprint density at radius 3 is 2.95 bits per heavy atom. The summed E-state index contributed by atoms with van der Waals surface area (Å²) in [6.07, 6.45) is -0.500. The molecule has 21 heavy (non-hydrogen) atoms. The van der Waals surface area contributed by atoms with Crippen LogP contribution < -0.4 is 9.64 Å². The number of methoxy groups -OCH3 is 1. The van der Waals surface area contributed by atoms with Gasteiger partial charge in [0, 0.05) is 18.1 Å². The summed E-state index contributed by atoms with van der Waals surface area (Å²) in [5.74, 6) is 0.589. The molecular formula is C15H16N2O3S. The number of carbonyl (C=O) groups excluding carboxylic acids is 1. The first-order valence-corrected chi connectivity index (χ1v) is 7.51. The second-order valence-corrected chi connectivity index (χ2v) is 5.94. The predicted octanol–water partition coefficient (Wildman–Crippen LogP) is 2.84. The first-order chi connectivity index (χ1) is 10.1. The van der Waals surface area contributed by atoms with Crippen molar-refractivity contribution >= 4 is 22.9 Å². The Morgan fingerprint density at radius 1 is 1.48 bits per heavy atom. The first kappa shape index (κ1) is 14.0. The normalized spacial score (nSPS) is 17.6. The highest BCUT2D eigenvalue weighted by Crippen LogP contribution is 2.37. The van der Waals surface area contributed by atoms with E-state index >= 15 is 0 Å². The molecule has 0 fully saturated rings. The molecule has 2 aromatic rings. The van der Waals surface area contributed by atoms with Crippen LogP contribution in [0.3, 0.4) is 0 Å². The van der Waals surface area contributed by atoms with Crippen molar-refractivity contribution in [1.29, 1.82) is 0 Å². The zero-order chi connectivity index (χ0) is 15.0. The van der Waals surface area contributed by atoms with E-state index in [1.165, 1.54) is 0 Å². The van der Waals surface area contributed by atoms with Gasteiger partial charge in [0.1, 0.15) is 12.5 Å². The maximum absolute atomic E-state index is 12.2. The number of hydrogen-bond acceptors (Lipinski definition) is 5. The lowest BCUT2D eigenvalue weighted by atomic mass is 10.1. The van der Waals surface area contributed by atoms with Gasteiger partial charge in [-0.3, -0.25) is 9.69 Å². The van der Waals surface area contributed by atoms with Crippen LogP contribution in [0, 0.1) is 6.92 Å². The van der Waals surface area contributed by atoms with Crippen LogP contribution in [0.4, 0.5) is 5.69 Å². The SMILES string of the molecule is COCN1C(=O)C(C)Oc2ccc(-c3csc(C)n3)cc21. The van der Waals surface area contributed by atoms with Gasteiger partial charge < -0.3 is 9.47 Å². The average Bonchev–Trinajstić information content (AvgIpc) is 2.90. The summed E-state index contributed by atoms with van der Waals surface area (Å²) in [4.78, 5) is 18.3. The van der Waals surface area contributed by atoms with E-state index < -0.39 is 6.10 Å². The van der Waals surface area contributed by atoms with Crippen LogP contribution in [0.15, 0.2) is 23.6 Å². The van der Waals surface area contributed by atoms with Gasteiger partial charge in [-0.15, -0.1) is 11.3 Å². The quantitative estimate of drug-likeness (QED) is 0.875. The lowest BCUT2D eigenvalue weighted by molar-refractivity contribution is -0.126. The molecule has 2 heterocycles. The number of benzene rings is 1. The highest BCUT2D eigenvalue weighted by Gasteiger charge is 2.31. The maximum Gasteiger partial charge on any atom is 0.269 e. The summed E-state index contributed by atoms with van der Waals surface area (Å²) in [5, 5.41) is 3.02. The van der Waals surface area contributed by atoms with E-state index in [1.54, 1.807) is 30.3 Å². The fourth-order valence-electron chi connectivity index (χ4n) is 2.32. The van der Waals surface area contributed by atoms with E-state index in [2.05, 4.69) is 4.98 Å². The number of amides is 1. The number of hydrogen-bond donors (Lipinski definition) is 0. The summed E-state index contributed by atoms with van der Waals surface area (Å²) < 4.78 is 10.8.